The summed E-state index contributed by atoms with van der Waals surface area (Å²) in [7, 11) is 0. The van der Waals surface area contributed by atoms with Crippen LogP contribution in [0.5, 0.6) is 0 Å². The van der Waals surface area contributed by atoms with Gasteiger partial charge in [-0.3, -0.25) is 4.79 Å². The van der Waals surface area contributed by atoms with Crippen LogP contribution in [0.1, 0.15) is 73.1 Å². The third-order valence-corrected chi connectivity index (χ3v) is 3.81. The molecular weight excluding hydrogens is 282 g/mol. The smallest absolute Gasteiger partial charge is 0.207 e. The molecule has 0 bridgehead atoms. The SMILES string of the molecule is CC(C)=CCC/C(C)=C/CC/C(C)=C/CC/C(C)=C/CNC=O. The van der Waals surface area contributed by atoms with Gasteiger partial charge in [-0.2, -0.15) is 0 Å². The molecule has 0 saturated carbocycles. The van der Waals surface area contributed by atoms with Gasteiger partial charge < -0.3 is 5.32 Å². The predicted octanol–water partition coefficient (Wildman–Crippen LogP) is 5.88. The number of hydrogen-bond acceptors (Lipinski definition) is 1. The third-order valence-electron chi connectivity index (χ3n) is 3.81. The van der Waals surface area contributed by atoms with Gasteiger partial charge in [0.1, 0.15) is 0 Å². The first-order valence-electron chi connectivity index (χ1n) is 8.73. The summed E-state index contributed by atoms with van der Waals surface area (Å²) < 4.78 is 0. The monoisotopic (exact) mass is 317 g/mol. The standard InChI is InChI=1S/C21H35NO/c1-18(2)9-6-10-19(3)11-7-12-20(4)13-8-14-21(5)15-16-22-17-23/h9,11,13,15,17H,6-8,10,12,14,16H2,1-5H3,(H,22,23)/b19-11+,20-13+,21-15+. The van der Waals surface area contributed by atoms with E-state index in [1.54, 1.807) is 0 Å². The zero-order valence-electron chi connectivity index (χ0n) is 15.7. The van der Waals surface area contributed by atoms with Crippen LogP contribution in [-0.4, -0.2) is 13.0 Å². The van der Waals surface area contributed by atoms with Crippen molar-refractivity contribution in [2.45, 2.75) is 73.1 Å². The van der Waals surface area contributed by atoms with E-state index in [1.165, 1.54) is 28.7 Å². The summed E-state index contributed by atoms with van der Waals surface area (Å²) in [5.74, 6) is 0. The van der Waals surface area contributed by atoms with Crippen LogP contribution in [0.3, 0.4) is 0 Å². The maximum absolute atomic E-state index is 10.2. The molecule has 0 aromatic rings. The summed E-state index contributed by atoms with van der Waals surface area (Å²) in [4.78, 5) is 10.2. The maximum atomic E-state index is 10.2. The second-order valence-electron chi connectivity index (χ2n) is 6.58. The van der Waals surface area contributed by atoms with Crippen molar-refractivity contribution in [2.75, 3.05) is 6.54 Å². The molecule has 0 spiro atoms. The van der Waals surface area contributed by atoms with Gasteiger partial charge in [0.05, 0.1) is 0 Å². The number of nitrogens with one attached hydrogen (secondary N) is 1. The molecule has 0 aliphatic heterocycles. The summed E-state index contributed by atoms with van der Waals surface area (Å²) >= 11 is 0. The van der Waals surface area contributed by atoms with Gasteiger partial charge in [-0.15, -0.1) is 0 Å². The van der Waals surface area contributed by atoms with Gasteiger partial charge in [-0.25, -0.2) is 0 Å². The summed E-state index contributed by atoms with van der Waals surface area (Å²) in [5.41, 5.74) is 5.70. The molecule has 130 valence electrons. The summed E-state index contributed by atoms with van der Waals surface area (Å²) in [6, 6.07) is 0. The molecule has 23 heavy (non-hydrogen) atoms. The molecule has 0 rings (SSSR count). The first-order chi connectivity index (χ1) is 11.0. The fraction of sp³-hybridized carbons (Fsp3) is 0.571. The van der Waals surface area contributed by atoms with Crippen molar-refractivity contribution in [2.24, 2.45) is 0 Å². The number of carbonyl (C=O) groups excluding carboxylic acids is 1. The fourth-order valence-electron chi connectivity index (χ4n) is 2.27. The number of amides is 1. The van der Waals surface area contributed by atoms with E-state index < -0.39 is 0 Å². The quantitative estimate of drug-likeness (QED) is 0.272. The van der Waals surface area contributed by atoms with E-state index in [4.69, 9.17) is 0 Å². The normalized spacial score (nSPS) is 13.0. The van der Waals surface area contributed by atoms with Gasteiger partial charge in [0.25, 0.3) is 0 Å². The Labute approximate surface area is 143 Å². The largest absolute Gasteiger partial charge is 0.355 e. The first kappa shape index (κ1) is 21.4. The fourth-order valence-corrected chi connectivity index (χ4v) is 2.27. The molecule has 0 saturated heterocycles. The number of hydrogen-bond donors (Lipinski definition) is 1. The van der Waals surface area contributed by atoms with Gasteiger partial charge in [0.2, 0.25) is 6.41 Å². The van der Waals surface area contributed by atoms with Crippen molar-refractivity contribution < 1.29 is 4.79 Å². The van der Waals surface area contributed by atoms with E-state index in [0.717, 1.165) is 38.5 Å². The first-order valence-corrected chi connectivity index (χ1v) is 8.73. The van der Waals surface area contributed by atoms with Gasteiger partial charge in [0, 0.05) is 6.54 Å². The Morgan fingerprint density at radius 3 is 1.57 bits per heavy atom. The van der Waals surface area contributed by atoms with Crippen LogP contribution in [0.15, 0.2) is 46.6 Å². The highest BCUT2D eigenvalue weighted by Crippen LogP contribution is 2.13. The Balaban J connectivity index is 3.95. The molecule has 0 fully saturated rings. The lowest BCUT2D eigenvalue weighted by molar-refractivity contribution is -0.109. The van der Waals surface area contributed by atoms with Crippen molar-refractivity contribution in [1.82, 2.24) is 5.32 Å². The summed E-state index contributed by atoms with van der Waals surface area (Å²) in [6.07, 6.45) is 16.6. The highest BCUT2D eigenvalue weighted by Gasteiger charge is 1.93. The van der Waals surface area contributed by atoms with Crippen LogP contribution >= 0.6 is 0 Å². The van der Waals surface area contributed by atoms with Crippen LogP contribution in [0.4, 0.5) is 0 Å². The Hall–Kier alpha value is -1.57. The number of rotatable bonds is 12. The van der Waals surface area contributed by atoms with Crippen molar-refractivity contribution in [3.05, 3.63) is 46.6 Å². The van der Waals surface area contributed by atoms with E-state index in [2.05, 4.69) is 64.2 Å². The van der Waals surface area contributed by atoms with Crippen molar-refractivity contribution in [3.8, 4) is 0 Å². The molecule has 0 atom stereocenters. The minimum absolute atomic E-state index is 0.634. The Morgan fingerprint density at radius 2 is 1.13 bits per heavy atom. The third kappa shape index (κ3) is 15.1. The van der Waals surface area contributed by atoms with Crippen LogP contribution in [0.2, 0.25) is 0 Å². The van der Waals surface area contributed by atoms with Crippen LogP contribution in [0.25, 0.3) is 0 Å². The second kappa shape index (κ2) is 14.0. The predicted molar refractivity (Wildman–Crippen MR) is 102 cm³/mol. The molecule has 1 amide bonds. The average molecular weight is 318 g/mol. The molecule has 1 N–H and O–H groups in total. The van der Waals surface area contributed by atoms with Crippen LogP contribution < -0.4 is 5.32 Å². The van der Waals surface area contributed by atoms with Gasteiger partial charge in [-0.05, 0) is 73.1 Å². The molecule has 0 radical (unpaired) electrons. The molecule has 0 unspecified atom stereocenters. The Kier molecular flexibility index (Phi) is 13.1. The highest BCUT2D eigenvalue weighted by molar-refractivity contribution is 5.46. The maximum Gasteiger partial charge on any atom is 0.207 e. The Morgan fingerprint density at radius 1 is 0.696 bits per heavy atom. The van der Waals surface area contributed by atoms with Gasteiger partial charge in [0.15, 0.2) is 0 Å². The molecular formula is C21H35NO. The molecule has 0 heterocycles. The lowest BCUT2D eigenvalue weighted by atomic mass is 10.0. The second-order valence-corrected chi connectivity index (χ2v) is 6.58. The molecule has 0 aromatic carbocycles. The summed E-state index contributed by atoms with van der Waals surface area (Å²) in [5, 5.41) is 2.65. The lowest BCUT2D eigenvalue weighted by Gasteiger charge is -2.02. The van der Waals surface area contributed by atoms with Crippen molar-refractivity contribution in [3.63, 3.8) is 0 Å². The van der Waals surface area contributed by atoms with Gasteiger partial charge in [-0.1, -0.05) is 46.6 Å². The number of allylic oxidation sites excluding steroid dienone is 7. The van der Waals surface area contributed by atoms with E-state index in [0.29, 0.717) is 6.54 Å². The minimum atomic E-state index is 0.634. The van der Waals surface area contributed by atoms with Crippen LogP contribution in [-0.2, 0) is 4.79 Å². The minimum Gasteiger partial charge on any atom is -0.355 e. The van der Waals surface area contributed by atoms with Gasteiger partial charge >= 0.3 is 0 Å². The zero-order chi connectivity index (χ0) is 17.5. The summed E-state index contributed by atoms with van der Waals surface area (Å²) in [6.45, 7) is 11.5. The molecule has 2 nitrogen and oxygen atoms in total. The number of carbonyl (C=O) groups is 1. The lowest BCUT2D eigenvalue weighted by Crippen LogP contribution is -2.09. The van der Waals surface area contributed by atoms with Crippen molar-refractivity contribution in [1.29, 1.82) is 0 Å². The van der Waals surface area contributed by atoms with E-state index in [-0.39, 0.29) is 0 Å². The topological polar surface area (TPSA) is 29.1 Å². The molecule has 0 aromatic heterocycles. The Bertz CT molecular complexity index is 448. The highest BCUT2D eigenvalue weighted by atomic mass is 16.1. The van der Waals surface area contributed by atoms with Crippen molar-refractivity contribution >= 4 is 6.41 Å². The van der Waals surface area contributed by atoms with Crippen LogP contribution in [0, 0.1) is 0 Å². The average Bonchev–Trinajstić information content (AvgIpc) is 2.47. The molecule has 0 aliphatic rings. The zero-order valence-corrected chi connectivity index (χ0v) is 15.7. The van der Waals surface area contributed by atoms with E-state index in [9.17, 15) is 4.79 Å². The molecule has 0 aliphatic carbocycles. The van der Waals surface area contributed by atoms with E-state index in [1.807, 2.05) is 0 Å². The molecule has 2 heteroatoms. The van der Waals surface area contributed by atoms with E-state index >= 15 is 0 Å².